The summed E-state index contributed by atoms with van der Waals surface area (Å²) in [7, 11) is 0. The van der Waals surface area contributed by atoms with Crippen molar-refractivity contribution in [3.05, 3.63) is 42.1 Å². The van der Waals surface area contributed by atoms with Crippen LogP contribution in [0.2, 0.25) is 0 Å². The van der Waals surface area contributed by atoms with Gasteiger partial charge in [-0.15, -0.1) is 5.10 Å². The molecule has 4 rings (SSSR count). The van der Waals surface area contributed by atoms with Gasteiger partial charge in [-0.2, -0.15) is 10.2 Å². The molecule has 0 N–H and O–H groups in total. The summed E-state index contributed by atoms with van der Waals surface area (Å²) in [5.74, 6) is 2.08. The molecule has 9 nitrogen and oxygen atoms in total. The van der Waals surface area contributed by atoms with Crippen molar-refractivity contribution in [2.24, 2.45) is 32.0 Å². The normalized spacial score (nSPS) is 11.8. The SMILES string of the molecule is CC.CC.CC.CC.CC(C)C1=CN=NC1.CC(C)C1=NC=NC1.CC(C)c1cocn1.CC(C)c1conn1. The van der Waals surface area contributed by atoms with Crippen LogP contribution < -0.4 is 0 Å². The van der Waals surface area contributed by atoms with E-state index in [0.717, 1.165) is 24.5 Å². The molecule has 0 saturated carbocycles. The molecule has 2 aromatic heterocycles. The molecule has 4 heterocycles. The molecule has 0 bridgehead atoms. The maximum atomic E-state index is 4.76. The predicted molar refractivity (Wildman–Crippen MR) is 173 cm³/mol. The van der Waals surface area contributed by atoms with Gasteiger partial charge in [-0.3, -0.25) is 4.99 Å². The second kappa shape index (κ2) is 32.2. The summed E-state index contributed by atoms with van der Waals surface area (Å²) in [5.41, 5.74) is 4.46. The maximum Gasteiger partial charge on any atom is 0.180 e. The van der Waals surface area contributed by atoms with E-state index in [1.54, 1.807) is 18.9 Å². The Hall–Kier alpha value is -2.97. The van der Waals surface area contributed by atoms with Crippen LogP contribution in [0.15, 0.2) is 59.8 Å². The summed E-state index contributed by atoms with van der Waals surface area (Å²) in [6.45, 7) is 34.5. The Morgan fingerprint density at radius 1 is 0.675 bits per heavy atom. The van der Waals surface area contributed by atoms with E-state index in [0.29, 0.717) is 23.7 Å². The van der Waals surface area contributed by atoms with E-state index >= 15 is 0 Å². The first-order valence-corrected chi connectivity index (χ1v) is 15.0. The molecule has 0 amide bonds. The van der Waals surface area contributed by atoms with Gasteiger partial charge in [0.1, 0.15) is 24.6 Å². The Bertz CT molecular complexity index is 778. The van der Waals surface area contributed by atoms with Crippen LogP contribution in [0.4, 0.5) is 0 Å². The molecule has 0 unspecified atom stereocenters. The van der Waals surface area contributed by atoms with Gasteiger partial charge < -0.3 is 8.94 Å². The lowest BCUT2D eigenvalue weighted by atomic mass is 10.1. The zero-order chi connectivity index (χ0) is 31.9. The van der Waals surface area contributed by atoms with E-state index < -0.39 is 0 Å². The lowest BCUT2D eigenvalue weighted by Crippen LogP contribution is -2.07. The van der Waals surface area contributed by atoms with E-state index in [2.05, 4.69) is 81.6 Å². The first kappa shape index (κ1) is 44.1. The van der Waals surface area contributed by atoms with Crippen molar-refractivity contribution in [1.29, 1.82) is 0 Å². The van der Waals surface area contributed by atoms with Gasteiger partial charge in [-0.25, -0.2) is 9.98 Å². The van der Waals surface area contributed by atoms with E-state index in [-0.39, 0.29) is 0 Å². The van der Waals surface area contributed by atoms with Crippen LogP contribution >= 0.6 is 0 Å². The molecule has 40 heavy (non-hydrogen) atoms. The van der Waals surface area contributed by atoms with Crippen molar-refractivity contribution in [1.82, 2.24) is 15.4 Å². The van der Waals surface area contributed by atoms with E-state index in [4.69, 9.17) is 4.42 Å². The lowest BCUT2D eigenvalue weighted by molar-refractivity contribution is 0.392. The van der Waals surface area contributed by atoms with Gasteiger partial charge in [-0.1, -0.05) is 111 Å². The number of hydrogen-bond donors (Lipinski definition) is 0. The number of nitrogens with zero attached hydrogens (tertiary/aromatic N) is 7. The van der Waals surface area contributed by atoms with Crippen LogP contribution in [0.25, 0.3) is 0 Å². The Kier molecular flexibility index (Phi) is 35.5. The zero-order valence-electron chi connectivity index (χ0n) is 28.6. The van der Waals surface area contributed by atoms with Crippen LogP contribution in [0, 0.1) is 11.8 Å². The highest BCUT2D eigenvalue weighted by atomic mass is 16.5. The fourth-order valence-corrected chi connectivity index (χ4v) is 2.16. The Labute approximate surface area is 246 Å². The summed E-state index contributed by atoms with van der Waals surface area (Å²) in [5, 5.41) is 14.6. The molecule has 232 valence electrons. The van der Waals surface area contributed by atoms with Crippen LogP contribution in [0.3, 0.4) is 0 Å². The van der Waals surface area contributed by atoms with Gasteiger partial charge >= 0.3 is 0 Å². The average molecular weight is 564 g/mol. The second-order valence-electron chi connectivity index (χ2n) is 8.56. The third-order valence-corrected chi connectivity index (χ3v) is 4.54. The number of oxazole rings is 1. The number of aliphatic imine (C=N–C) groups is 2. The molecular formula is C31H61N7O2. The molecule has 0 fully saturated rings. The van der Waals surface area contributed by atoms with E-state index in [9.17, 15) is 0 Å². The first-order valence-electron chi connectivity index (χ1n) is 15.0. The van der Waals surface area contributed by atoms with Crippen LogP contribution in [0.5, 0.6) is 0 Å². The van der Waals surface area contributed by atoms with Gasteiger partial charge in [0.25, 0.3) is 0 Å². The smallest absolute Gasteiger partial charge is 0.180 e. The molecular weight excluding hydrogens is 502 g/mol. The van der Waals surface area contributed by atoms with E-state index in [1.807, 2.05) is 75.4 Å². The topological polar surface area (TPSA) is 114 Å². The van der Waals surface area contributed by atoms with Gasteiger partial charge in [0.05, 0.1) is 25.0 Å². The minimum absolute atomic E-state index is 0.418. The van der Waals surface area contributed by atoms with Crippen molar-refractivity contribution >= 4 is 12.1 Å². The zero-order valence-corrected chi connectivity index (χ0v) is 28.6. The van der Waals surface area contributed by atoms with Crippen molar-refractivity contribution in [3.63, 3.8) is 0 Å². The number of azo groups is 1. The van der Waals surface area contributed by atoms with Crippen molar-refractivity contribution in [2.75, 3.05) is 13.1 Å². The fourth-order valence-electron chi connectivity index (χ4n) is 2.16. The summed E-state index contributed by atoms with van der Waals surface area (Å²) >= 11 is 0. The van der Waals surface area contributed by atoms with Gasteiger partial charge in [0, 0.05) is 16.9 Å². The Morgan fingerprint density at radius 3 is 1.45 bits per heavy atom. The predicted octanol–water partition coefficient (Wildman–Crippen LogP) is 10.2. The molecule has 0 atom stereocenters. The van der Waals surface area contributed by atoms with E-state index in [1.165, 1.54) is 17.7 Å². The highest BCUT2D eigenvalue weighted by Gasteiger charge is 2.05. The molecule has 0 spiro atoms. The minimum Gasteiger partial charge on any atom is -0.451 e. The van der Waals surface area contributed by atoms with Crippen molar-refractivity contribution in [3.8, 4) is 0 Å². The summed E-state index contributed by atoms with van der Waals surface area (Å²) in [6, 6.07) is 0. The van der Waals surface area contributed by atoms with Gasteiger partial charge in [0.2, 0.25) is 0 Å². The minimum atomic E-state index is 0.418. The third kappa shape index (κ3) is 24.1. The summed E-state index contributed by atoms with van der Waals surface area (Å²) in [4.78, 5) is 12.0. The molecule has 2 aromatic rings. The fraction of sp³-hybridized carbons (Fsp3) is 0.710. The van der Waals surface area contributed by atoms with Gasteiger partial charge in [0.15, 0.2) is 6.39 Å². The van der Waals surface area contributed by atoms with Crippen LogP contribution in [-0.4, -0.2) is 40.5 Å². The molecule has 2 aliphatic heterocycles. The number of rotatable bonds is 4. The molecule has 0 radical (unpaired) electrons. The Morgan fingerprint density at radius 2 is 1.25 bits per heavy atom. The number of aromatic nitrogens is 3. The Balaban J connectivity index is -0.000000199. The molecule has 9 heteroatoms. The largest absolute Gasteiger partial charge is 0.451 e. The van der Waals surface area contributed by atoms with Crippen molar-refractivity contribution in [2.45, 2.75) is 123 Å². The molecule has 0 aliphatic carbocycles. The average Bonchev–Trinajstić information content (AvgIpc) is 3.81. The lowest BCUT2D eigenvalue weighted by Gasteiger charge is -1.99. The highest BCUT2D eigenvalue weighted by molar-refractivity contribution is 5.97. The van der Waals surface area contributed by atoms with Crippen LogP contribution in [-0.2, 0) is 0 Å². The summed E-state index contributed by atoms with van der Waals surface area (Å²) < 4.78 is 9.28. The monoisotopic (exact) mass is 563 g/mol. The standard InChI is InChI=1S/2C6H10N2.C6H9NO.C5H8N2O.4C2H6/c1-5(2)6-3-7-4-8-6;1-5(2)6-3-7-8-4-6;1-5(2)6-3-8-4-7-6;1-4(2)5-3-8-7-6-5;4*1-2/h4-5H,3H2,1-2H3;3,5H,4H2,1-2H3;3-5H,1-2H3;3-4H,1-2H3;4*1-2H3. The molecule has 2 aliphatic rings. The van der Waals surface area contributed by atoms with Gasteiger partial charge in [-0.05, 0) is 23.3 Å². The summed E-state index contributed by atoms with van der Waals surface area (Å²) in [6.07, 6.45) is 8.17. The van der Waals surface area contributed by atoms with Crippen molar-refractivity contribution < 1.29 is 8.94 Å². The molecule has 0 aromatic carbocycles. The quantitative estimate of drug-likeness (QED) is 0.367. The molecule has 0 saturated heterocycles. The second-order valence-corrected chi connectivity index (χ2v) is 8.56. The first-order chi connectivity index (χ1) is 19.2. The maximum absolute atomic E-state index is 4.76. The highest BCUT2D eigenvalue weighted by Crippen LogP contribution is 2.14. The number of hydrogen-bond acceptors (Lipinski definition) is 9. The third-order valence-electron chi connectivity index (χ3n) is 4.54. The van der Waals surface area contributed by atoms with Crippen LogP contribution in [0.1, 0.15) is 134 Å².